The van der Waals surface area contributed by atoms with Crippen molar-refractivity contribution in [2.75, 3.05) is 26.2 Å². The van der Waals surface area contributed by atoms with Gasteiger partial charge in [-0.15, -0.1) is 0 Å². The van der Waals surface area contributed by atoms with Gasteiger partial charge in [0.2, 0.25) is 0 Å². The van der Waals surface area contributed by atoms with Crippen molar-refractivity contribution in [2.24, 2.45) is 0 Å². The number of amides is 1. The molecule has 1 amide bonds. The van der Waals surface area contributed by atoms with Crippen LogP contribution in [0.3, 0.4) is 0 Å². The minimum Gasteiger partial charge on any atom is -0.494 e. The molecule has 26 heavy (non-hydrogen) atoms. The van der Waals surface area contributed by atoms with Gasteiger partial charge in [-0.2, -0.15) is 4.79 Å². The van der Waals surface area contributed by atoms with Crippen molar-refractivity contribution < 1.29 is 19.6 Å². The number of nitrogens with two attached hydrogens (primary N) is 1. The normalized spacial score (nSPS) is 16.2. The molecule has 0 aromatic heterocycles. The lowest BCUT2D eigenvalue weighted by atomic mass is 10.1. The molecule has 0 unspecified atom stereocenters. The third kappa shape index (κ3) is 8.19. The van der Waals surface area contributed by atoms with Gasteiger partial charge < -0.3 is 9.47 Å². The van der Waals surface area contributed by atoms with Crippen molar-refractivity contribution in [1.29, 1.82) is 0 Å². The third-order valence-electron chi connectivity index (χ3n) is 4.71. The topological polar surface area (TPSA) is 55.4 Å². The molecule has 0 aliphatic carbocycles. The smallest absolute Gasteiger partial charge is 0.494 e. The molecule has 1 fully saturated rings. The van der Waals surface area contributed by atoms with Crippen LogP contribution < -0.4 is 10.1 Å². The van der Waals surface area contributed by atoms with Crippen molar-refractivity contribution in [3.8, 4) is 5.75 Å². The van der Waals surface area contributed by atoms with Gasteiger partial charge in [-0.05, 0) is 51.4 Å². The van der Waals surface area contributed by atoms with Gasteiger partial charge in [-0.25, -0.2) is 5.32 Å². The van der Waals surface area contributed by atoms with Crippen LogP contribution in [0.1, 0.15) is 58.8 Å². The Balaban J connectivity index is 1.66. The first-order valence-electron chi connectivity index (χ1n) is 10.2. The molecule has 1 saturated heterocycles. The fourth-order valence-corrected chi connectivity index (χ4v) is 3.29. The van der Waals surface area contributed by atoms with E-state index in [1.165, 1.54) is 38.5 Å². The lowest BCUT2D eigenvalue weighted by Crippen LogP contribution is -2.82. The van der Waals surface area contributed by atoms with Crippen LogP contribution in [0.5, 0.6) is 5.75 Å². The molecule has 1 aliphatic heterocycles. The number of carbonyl (C=O) groups excluding carboxylic acids is 1. The second-order valence-electron chi connectivity index (χ2n) is 7.23. The summed E-state index contributed by atoms with van der Waals surface area (Å²) in [7, 11) is 0. The maximum atomic E-state index is 12.1. The van der Waals surface area contributed by atoms with Crippen LogP contribution in [0.15, 0.2) is 24.3 Å². The van der Waals surface area contributed by atoms with Crippen molar-refractivity contribution >= 4 is 11.8 Å². The molecular weight excluding hydrogens is 328 g/mol. The van der Waals surface area contributed by atoms with Crippen LogP contribution in [0.2, 0.25) is 0 Å². The number of benzene rings is 1. The fourth-order valence-electron chi connectivity index (χ4n) is 3.29. The summed E-state index contributed by atoms with van der Waals surface area (Å²) < 4.78 is 11.2. The van der Waals surface area contributed by atoms with E-state index in [0.29, 0.717) is 0 Å². The molecule has 2 rings (SSSR count). The molecule has 1 aromatic carbocycles. The maximum absolute atomic E-state index is 12.1. The molecule has 0 saturated carbocycles. The minimum atomic E-state index is -0.275. The summed E-state index contributed by atoms with van der Waals surface area (Å²) >= 11 is 0. The number of unbranched alkanes of at least 4 members (excludes halogenated alkanes) is 3. The molecule has 1 aromatic rings. The van der Waals surface area contributed by atoms with E-state index in [-0.39, 0.29) is 12.2 Å². The molecule has 0 spiro atoms. The molecule has 1 aliphatic rings. The number of rotatable bonds is 10. The minimum absolute atomic E-state index is 0.0809. The van der Waals surface area contributed by atoms with Crippen molar-refractivity contribution in [3.05, 3.63) is 24.3 Å². The number of quaternary nitrogens is 1. The van der Waals surface area contributed by atoms with Crippen LogP contribution in [0.25, 0.3) is 0 Å². The standard InChI is InChI=1S/C21H34N2O3/c1-3-4-5-9-16-25-20-12-10-19(11-13-20)22-21(24)26-18(2)17-23-14-7-6-8-15-23/h10-13,18H,3-9,14-17H2,1-2H3,(H,22,24)/p+1/t18-/m1/s1. The van der Waals surface area contributed by atoms with E-state index in [4.69, 9.17) is 9.47 Å². The summed E-state index contributed by atoms with van der Waals surface area (Å²) in [5.41, 5.74) is 0.846. The van der Waals surface area contributed by atoms with Gasteiger partial charge >= 0.3 is 6.09 Å². The van der Waals surface area contributed by atoms with Gasteiger partial charge in [-0.1, -0.05) is 32.6 Å². The Kier molecular flexibility index (Phi) is 9.50. The molecule has 146 valence electrons. The van der Waals surface area contributed by atoms with Gasteiger partial charge in [0.25, 0.3) is 0 Å². The quantitative estimate of drug-likeness (QED) is 0.507. The van der Waals surface area contributed by atoms with E-state index >= 15 is 0 Å². The van der Waals surface area contributed by atoms with Gasteiger partial charge in [0, 0.05) is 18.7 Å². The van der Waals surface area contributed by atoms with Gasteiger partial charge in [0.05, 0.1) is 6.61 Å². The highest BCUT2D eigenvalue weighted by Gasteiger charge is 2.18. The summed E-state index contributed by atoms with van der Waals surface area (Å²) in [6.45, 7) is 7.98. The summed E-state index contributed by atoms with van der Waals surface area (Å²) in [5, 5.41) is 1.55. The number of carbonyl (C=O) groups is 1. The van der Waals surface area contributed by atoms with Gasteiger partial charge in [0.1, 0.15) is 17.5 Å². The second-order valence-corrected chi connectivity index (χ2v) is 7.23. The van der Waals surface area contributed by atoms with Crippen LogP contribution in [-0.2, 0) is 4.74 Å². The number of likely N-dealkylation sites (tertiary alicyclic amines) is 1. The SMILES string of the molecule is CCCCCCOc1ccc([NH2+]C(=O)O[C@H](C)CN2CCCCC2)cc1. The Labute approximate surface area is 158 Å². The molecule has 1 atom stereocenters. The number of primary amides is 1. The van der Waals surface area contributed by atoms with Crippen LogP contribution in [0.4, 0.5) is 10.5 Å². The summed E-state index contributed by atoms with van der Waals surface area (Å²) in [6.07, 6.45) is 8.25. The van der Waals surface area contributed by atoms with E-state index in [9.17, 15) is 4.79 Å². The van der Waals surface area contributed by atoms with E-state index in [2.05, 4.69) is 11.8 Å². The molecular formula is C21H35N2O3+. The van der Waals surface area contributed by atoms with E-state index in [1.807, 2.05) is 31.2 Å². The first-order valence-corrected chi connectivity index (χ1v) is 10.2. The maximum Gasteiger partial charge on any atom is 0.518 e. The number of nitrogens with zero attached hydrogens (tertiary/aromatic N) is 1. The van der Waals surface area contributed by atoms with E-state index < -0.39 is 0 Å². The number of ether oxygens (including phenoxy) is 2. The van der Waals surface area contributed by atoms with Crippen LogP contribution in [-0.4, -0.2) is 43.3 Å². The van der Waals surface area contributed by atoms with Gasteiger partial charge in [0.15, 0.2) is 0 Å². The van der Waals surface area contributed by atoms with Gasteiger partial charge in [-0.3, -0.25) is 4.90 Å². The zero-order chi connectivity index (χ0) is 18.6. The van der Waals surface area contributed by atoms with Crippen LogP contribution >= 0.6 is 0 Å². The lowest BCUT2D eigenvalue weighted by molar-refractivity contribution is -0.484. The summed E-state index contributed by atoms with van der Waals surface area (Å²) in [4.78, 5) is 14.5. The monoisotopic (exact) mass is 363 g/mol. The van der Waals surface area contributed by atoms with Crippen molar-refractivity contribution in [3.63, 3.8) is 0 Å². The number of hydrogen-bond acceptors (Lipinski definition) is 4. The number of piperidine rings is 1. The highest BCUT2D eigenvalue weighted by atomic mass is 16.6. The number of hydrogen-bond donors (Lipinski definition) is 1. The van der Waals surface area contributed by atoms with E-state index in [0.717, 1.165) is 44.1 Å². The highest BCUT2D eigenvalue weighted by molar-refractivity contribution is 5.59. The first-order chi connectivity index (χ1) is 12.7. The summed E-state index contributed by atoms with van der Waals surface area (Å²) in [6, 6.07) is 7.63. The predicted octanol–water partition coefficient (Wildman–Crippen LogP) is 3.85. The van der Waals surface area contributed by atoms with Crippen molar-refractivity contribution in [2.45, 2.75) is 64.9 Å². The molecule has 1 heterocycles. The summed E-state index contributed by atoms with van der Waals surface area (Å²) in [5.74, 6) is 0.852. The Bertz CT molecular complexity index is 512. The largest absolute Gasteiger partial charge is 0.518 e. The van der Waals surface area contributed by atoms with E-state index in [1.54, 1.807) is 5.32 Å². The average Bonchev–Trinajstić information content (AvgIpc) is 2.63. The molecule has 0 radical (unpaired) electrons. The Morgan fingerprint density at radius 3 is 2.54 bits per heavy atom. The third-order valence-corrected chi connectivity index (χ3v) is 4.71. The zero-order valence-electron chi connectivity index (χ0n) is 16.4. The molecule has 5 nitrogen and oxygen atoms in total. The Hall–Kier alpha value is -1.59. The fraction of sp³-hybridized carbons (Fsp3) is 0.667. The van der Waals surface area contributed by atoms with Crippen LogP contribution in [0, 0.1) is 0 Å². The predicted molar refractivity (Wildman–Crippen MR) is 104 cm³/mol. The Morgan fingerprint density at radius 1 is 1.12 bits per heavy atom. The van der Waals surface area contributed by atoms with Crippen molar-refractivity contribution in [1.82, 2.24) is 4.90 Å². The first kappa shape index (κ1) is 20.7. The lowest BCUT2D eigenvalue weighted by Gasteiger charge is -2.28. The second kappa shape index (κ2) is 11.9. The molecule has 5 heteroatoms. The molecule has 0 bridgehead atoms. The average molecular weight is 364 g/mol. The Morgan fingerprint density at radius 2 is 1.85 bits per heavy atom. The zero-order valence-corrected chi connectivity index (χ0v) is 16.4. The highest BCUT2D eigenvalue weighted by Crippen LogP contribution is 2.14. The molecule has 2 N–H and O–H groups in total.